The zero-order chi connectivity index (χ0) is 13.6. The summed E-state index contributed by atoms with van der Waals surface area (Å²) in [5, 5.41) is 20.5. The second kappa shape index (κ2) is 6.76. The van der Waals surface area contributed by atoms with Gasteiger partial charge in [-0.05, 0) is 37.0 Å². The van der Waals surface area contributed by atoms with Crippen LogP contribution >= 0.6 is 0 Å². The fourth-order valence-corrected chi connectivity index (χ4v) is 1.91. The second-order valence-corrected chi connectivity index (χ2v) is 4.63. The molecule has 3 heteroatoms. The normalized spacial score (nSPS) is 13.4. The maximum atomic E-state index is 10.3. The molecule has 0 aliphatic heterocycles. The van der Waals surface area contributed by atoms with Crippen molar-refractivity contribution >= 4 is 0 Å². The van der Waals surface area contributed by atoms with E-state index in [0.29, 0.717) is 19.4 Å². The smallest absolute Gasteiger partial charge is 0.119 e. The Labute approximate surface area is 109 Å². The standard InChI is InChI=1S/C15H24O3/c1-4-11-18-13-9-7-12(8-10-13)14(16)15(17,5-2)6-3/h7-10,14,16-17H,4-6,11H2,1-3H3. The van der Waals surface area contributed by atoms with Crippen LogP contribution in [0.4, 0.5) is 0 Å². The fourth-order valence-electron chi connectivity index (χ4n) is 1.91. The lowest BCUT2D eigenvalue weighted by molar-refractivity contribution is -0.0820. The van der Waals surface area contributed by atoms with Crippen molar-refractivity contribution in [3.63, 3.8) is 0 Å². The van der Waals surface area contributed by atoms with Crippen molar-refractivity contribution in [1.82, 2.24) is 0 Å². The van der Waals surface area contributed by atoms with Gasteiger partial charge in [0.15, 0.2) is 0 Å². The molecule has 0 heterocycles. The third-order valence-electron chi connectivity index (χ3n) is 3.40. The van der Waals surface area contributed by atoms with Gasteiger partial charge >= 0.3 is 0 Å². The van der Waals surface area contributed by atoms with Crippen molar-refractivity contribution in [3.05, 3.63) is 29.8 Å². The molecule has 0 aliphatic carbocycles. The molecule has 18 heavy (non-hydrogen) atoms. The Balaban J connectivity index is 2.78. The second-order valence-electron chi connectivity index (χ2n) is 4.63. The zero-order valence-corrected chi connectivity index (χ0v) is 11.5. The molecule has 1 rings (SSSR count). The summed E-state index contributed by atoms with van der Waals surface area (Å²) in [7, 11) is 0. The van der Waals surface area contributed by atoms with E-state index in [-0.39, 0.29) is 0 Å². The highest BCUT2D eigenvalue weighted by Gasteiger charge is 2.32. The molecule has 1 unspecified atom stereocenters. The summed E-state index contributed by atoms with van der Waals surface area (Å²) in [6.45, 7) is 6.51. The summed E-state index contributed by atoms with van der Waals surface area (Å²) in [6.07, 6.45) is 1.17. The first kappa shape index (κ1) is 15.0. The van der Waals surface area contributed by atoms with Gasteiger partial charge in [-0.15, -0.1) is 0 Å². The van der Waals surface area contributed by atoms with E-state index in [2.05, 4.69) is 6.92 Å². The highest BCUT2D eigenvalue weighted by Crippen LogP contribution is 2.32. The summed E-state index contributed by atoms with van der Waals surface area (Å²) in [6, 6.07) is 7.29. The van der Waals surface area contributed by atoms with Crippen molar-refractivity contribution in [2.75, 3.05) is 6.61 Å². The number of ether oxygens (including phenoxy) is 1. The molecule has 0 aromatic heterocycles. The molecular formula is C15H24O3. The minimum Gasteiger partial charge on any atom is -0.494 e. The Hall–Kier alpha value is -1.06. The monoisotopic (exact) mass is 252 g/mol. The predicted octanol–water partition coefficient (Wildman–Crippen LogP) is 3.06. The molecule has 0 bridgehead atoms. The van der Waals surface area contributed by atoms with Gasteiger partial charge in [0.25, 0.3) is 0 Å². The van der Waals surface area contributed by atoms with Gasteiger partial charge in [-0.1, -0.05) is 32.9 Å². The van der Waals surface area contributed by atoms with Gasteiger partial charge in [0.05, 0.1) is 12.2 Å². The van der Waals surface area contributed by atoms with Gasteiger partial charge in [0.1, 0.15) is 11.9 Å². The number of aliphatic hydroxyl groups is 2. The maximum absolute atomic E-state index is 10.3. The van der Waals surface area contributed by atoms with Crippen molar-refractivity contribution in [2.24, 2.45) is 0 Å². The van der Waals surface area contributed by atoms with Crippen LogP contribution in [-0.2, 0) is 0 Å². The Morgan fingerprint density at radius 1 is 1.11 bits per heavy atom. The minimum absolute atomic E-state index is 0.527. The Kier molecular flexibility index (Phi) is 5.63. The summed E-state index contributed by atoms with van der Waals surface area (Å²) >= 11 is 0. The first-order valence-corrected chi connectivity index (χ1v) is 6.70. The average molecular weight is 252 g/mol. The lowest BCUT2D eigenvalue weighted by Gasteiger charge is -2.31. The Morgan fingerprint density at radius 2 is 1.67 bits per heavy atom. The van der Waals surface area contributed by atoms with Crippen LogP contribution in [0.2, 0.25) is 0 Å². The van der Waals surface area contributed by atoms with E-state index in [1.807, 2.05) is 38.1 Å². The van der Waals surface area contributed by atoms with Gasteiger partial charge in [-0.2, -0.15) is 0 Å². The van der Waals surface area contributed by atoms with Crippen molar-refractivity contribution < 1.29 is 14.9 Å². The highest BCUT2D eigenvalue weighted by atomic mass is 16.5. The Bertz CT molecular complexity index is 341. The average Bonchev–Trinajstić information content (AvgIpc) is 2.44. The quantitative estimate of drug-likeness (QED) is 0.784. The van der Waals surface area contributed by atoms with E-state index in [1.165, 1.54) is 0 Å². The summed E-state index contributed by atoms with van der Waals surface area (Å²) in [4.78, 5) is 0. The molecule has 0 aliphatic rings. The van der Waals surface area contributed by atoms with Crippen LogP contribution in [0.25, 0.3) is 0 Å². The van der Waals surface area contributed by atoms with Crippen LogP contribution in [0, 0.1) is 0 Å². The molecule has 0 spiro atoms. The Morgan fingerprint density at radius 3 is 2.11 bits per heavy atom. The van der Waals surface area contributed by atoms with Crippen LogP contribution in [0.5, 0.6) is 5.75 Å². The molecule has 2 N–H and O–H groups in total. The largest absolute Gasteiger partial charge is 0.494 e. The molecule has 0 saturated carbocycles. The van der Waals surface area contributed by atoms with E-state index in [9.17, 15) is 10.2 Å². The summed E-state index contributed by atoms with van der Waals surface area (Å²) < 4.78 is 5.48. The predicted molar refractivity (Wildman–Crippen MR) is 72.7 cm³/mol. The lowest BCUT2D eigenvalue weighted by Crippen LogP contribution is -2.34. The molecule has 3 nitrogen and oxygen atoms in total. The van der Waals surface area contributed by atoms with Crippen molar-refractivity contribution in [3.8, 4) is 5.75 Å². The van der Waals surface area contributed by atoms with Crippen LogP contribution in [-0.4, -0.2) is 22.4 Å². The lowest BCUT2D eigenvalue weighted by atomic mass is 9.86. The van der Waals surface area contributed by atoms with Gasteiger partial charge in [-0.3, -0.25) is 0 Å². The van der Waals surface area contributed by atoms with Crippen LogP contribution in [0.3, 0.4) is 0 Å². The van der Waals surface area contributed by atoms with E-state index in [0.717, 1.165) is 17.7 Å². The third kappa shape index (κ3) is 3.47. The maximum Gasteiger partial charge on any atom is 0.119 e. The molecule has 0 amide bonds. The topological polar surface area (TPSA) is 49.7 Å². The number of hydrogen-bond donors (Lipinski definition) is 2. The molecule has 1 aromatic carbocycles. The van der Waals surface area contributed by atoms with Gasteiger partial charge in [0.2, 0.25) is 0 Å². The third-order valence-corrected chi connectivity index (χ3v) is 3.40. The first-order valence-electron chi connectivity index (χ1n) is 6.70. The van der Waals surface area contributed by atoms with Crippen LogP contribution < -0.4 is 4.74 Å². The number of aliphatic hydroxyl groups excluding tert-OH is 1. The molecule has 1 atom stereocenters. The summed E-state index contributed by atoms with van der Waals surface area (Å²) in [5.74, 6) is 0.796. The van der Waals surface area contributed by atoms with Gasteiger partial charge in [0, 0.05) is 0 Å². The fraction of sp³-hybridized carbons (Fsp3) is 0.600. The van der Waals surface area contributed by atoms with Gasteiger partial charge in [-0.25, -0.2) is 0 Å². The zero-order valence-electron chi connectivity index (χ0n) is 11.5. The first-order chi connectivity index (χ1) is 8.57. The van der Waals surface area contributed by atoms with E-state index < -0.39 is 11.7 Å². The van der Waals surface area contributed by atoms with Crippen molar-refractivity contribution in [2.45, 2.75) is 51.7 Å². The SMILES string of the molecule is CCCOc1ccc(C(O)C(O)(CC)CC)cc1. The van der Waals surface area contributed by atoms with Crippen LogP contribution in [0.1, 0.15) is 51.7 Å². The number of hydrogen-bond acceptors (Lipinski definition) is 3. The number of rotatable bonds is 7. The van der Waals surface area contributed by atoms with Crippen LogP contribution in [0.15, 0.2) is 24.3 Å². The summed E-state index contributed by atoms with van der Waals surface area (Å²) in [5.41, 5.74) is -0.323. The molecule has 0 fully saturated rings. The molecule has 1 aromatic rings. The molecule has 102 valence electrons. The molecule has 0 saturated heterocycles. The minimum atomic E-state index is -1.05. The van der Waals surface area contributed by atoms with E-state index >= 15 is 0 Å². The van der Waals surface area contributed by atoms with E-state index in [1.54, 1.807) is 0 Å². The molecular weight excluding hydrogens is 228 g/mol. The van der Waals surface area contributed by atoms with E-state index in [4.69, 9.17) is 4.74 Å². The molecule has 0 radical (unpaired) electrons. The highest BCUT2D eigenvalue weighted by molar-refractivity contribution is 5.29. The van der Waals surface area contributed by atoms with Gasteiger partial charge < -0.3 is 14.9 Å². The number of benzene rings is 1. The van der Waals surface area contributed by atoms with Crippen molar-refractivity contribution in [1.29, 1.82) is 0 Å².